The van der Waals surface area contributed by atoms with Crippen molar-refractivity contribution in [3.63, 3.8) is 0 Å². The van der Waals surface area contributed by atoms with Crippen molar-refractivity contribution in [2.45, 2.75) is 50.7 Å². The van der Waals surface area contributed by atoms with Crippen LogP contribution >= 0.6 is 11.8 Å². The molecule has 1 saturated heterocycles. The van der Waals surface area contributed by atoms with Crippen molar-refractivity contribution in [3.05, 3.63) is 0 Å². The van der Waals surface area contributed by atoms with Gasteiger partial charge in [-0.1, -0.05) is 6.42 Å². The number of nitrogens with one attached hydrogen (secondary N) is 1. The summed E-state index contributed by atoms with van der Waals surface area (Å²) in [5.41, 5.74) is -4.10. The Morgan fingerprint density at radius 2 is 1.80 bits per heavy atom. The fraction of sp³-hybridized carbons (Fsp3) is 1.00. The van der Waals surface area contributed by atoms with Crippen LogP contribution in [0.2, 0.25) is 0 Å². The van der Waals surface area contributed by atoms with Crippen LogP contribution in [-0.4, -0.2) is 47.9 Å². The molecule has 1 aliphatic carbocycles. The molecule has 0 amide bonds. The molecule has 2 rings (SSSR count). The quantitative estimate of drug-likeness (QED) is 0.784. The molecule has 2 bridgehead atoms. The number of piperidine rings is 1. The van der Waals surface area contributed by atoms with E-state index < -0.39 is 5.51 Å². The van der Waals surface area contributed by atoms with E-state index in [0.29, 0.717) is 30.5 Å². The minimum Gasteiger partial charge on any atom is -0.313 e. The van der Waals surface area contributed by atoms with Gasteiger partial charge < -0.3 is 10.2 Å². The van der Waals surface area contributed by atoms with Gasteiger partial charge in [-0.05, 0) is 50.3 Å². The maximum absolute atomic E-state index is 12.1. The van der Waals surface area contributed by atoms with Gasteiger partial charge in [-0.2, -0.15) is 13.2 Å². The Balaban J connectivity index is 1.80. The molecule has 0 aromatic rings. The highest BCUT2D eigenvalue weighted by Gasteiger charge is 2.39. The van der Waals surface area contributed by atoms with Gasteiger partial charge in [0.2, 0.25) is 0 Å². The van der Waals surface area contributed by atoms with Gasteiger partial charge in [0.25, 0.3) is 0 Å². The Kier molecular flexibility index (Phi) is 5.65. The summed E-state index contributed by atoms with van der Waals surface area (Å²) in [7, 11) is 0. The second kappa shape index (κ2) is 6.88. The third-order valence-corrected chi connectivity index (χ3v) is 5.32. The van der Waals surface area contributed by atoms with Gasteiger partial charge in [-0.25, -0.2) is 0 Å². The summed E-state index contributed by atoms with van der Waals surface area (Å²) in [5.74, 6) is 1.34. The van der Waals surface area contributed by atoms with E-state index in [2.05, 4.69) is 24.1 Å². The van der Waals surface area contributed by atoms with E-state index in [9.17, 15) is 13.2 Å². The summed E-state index contributed by atoms with van der Waals surface area (Å²) >= 11 is 0.0827. The molecular weight excluding hydrogens is 285 g/mol. The van der Waals surface area contributed by atoms with Gasteiger partial charge >= 0.3 is 5.51 Å². The second-order valence-electron chi connectivity index (χ2n) is 6.27. The van der Waals surface area contributed by atoms with Gasteiger partial charge in [-0.3, -0.25) is 0 Å². The first-order valence-electron chi connectivity index (χ1n) is 7.55. The lowest BCUT2D eigenvalue weighted by Gasteiger charge is -2.49. The van der Waals surface area contributed by atoms with E-state index >= 15 is 0 Å². The van der Waals surface area contributed by atoms with Crippen molar-refractivity contribution >= 4 is 11.8 Å². The zero-order chi connectivity index (χ0) is 14.8. The summed E-state index contributed by atoms with van der Waals surface area (Å²) in [6, 6.07) is 0.993. The Labute approximate surface area is 123 Å². The van der Waals surface area contributed by atoms with Crippen LogP contribution in [0.15, 0.2) is 0 Å². The third kappa shape index (κ3) is 4.53. The smallest absolute Gasteiger partial charge is 0.313 e. The lowest BCUT2D eigenvalue weighted by molar-refractivity contribution is -0.0328. The van der Waals surface area contributed by atoms with Gasteiger partial charge in [0, 0.05) is 37.5 Å². The standard InChI is InChI=1S/C14H25F3N2S/c1-10(2)19-8-11-4-3-5-12(9-19)13(11)18-6-7-20-14(15,16)17/h10-13,18H,3-9H2,1-2H3. The van der Waals surface area contributed by atoms with Crippen LogP contribution < -0.4 is 5.32 Å². The highest BCUT2D eigenvalue weighted by atomic mass is 32.2. The van der Waals surface area contributed by atoms with Crippen LogP contribution in [0.1, 0.15) is 33.1 Å². The average Bonchev–Trinajstić information content (AvgIpc) is 2.32. The number of likely N-dealkylation sites (tertiary alicyclic amines) is 1. The molecule has 118 valence electrons. The highest BCUT2D eigenvalue weighted by molar-refractivity contribution is 8.00. The van der Waals surface area contributed by atoms with Crippen LogP contribution in [0.5, 0.6) is 0 Å². The largest absolute Gasteiger partial charge is 0.441 e. The van der Waals surface area contributed by atoms with E-state index in [-0.39, 0.29) is 17.5 Å². The first kappa shape index (κ1) is 16.4. The van der Waals surface area contributed by atoms with Gasteiger partial charge in [0.15, 0.2) is 0 Å². The topological polar surface area (TPSA) is 15.3 Å². The minimum absolute atomic E-state index is 0.0827. The van der Waals surface area contributed by atoms with E-state index in [1.54, 1.807) is 0 Å². The first-order chi connectivity index (χ1) is 9.37. The zero-order valence-corrected chi connectivity index (χ0v) is 13.1. The molecule has 2 nitrogen and oxygen atoms in total. The molecule has 0 aromatic carbocycles. The van der Waals surface area contributed by atoms with Crippen LogP contribution in [0, 0.1) is 11.8 Å². The SMILES string of the molecule is CC(C)N1CC2CCCC(C1)C2NCCSC(F)(F)F. The first-order valence-corrected chi connectivity index (χ1v) is 8.53. The summed E-state index contributed by atoms with van der Waals surface area (Å²) in [4.78, 5) is 2.52. The van der Waals surface area contributed by atoms with Gasteiger partial charge in [0.1, 0.15) is 0 Å². The van der Waals surface area contributed by atoms with Crippen LogP contribution in [0.25, 0.3) is 0 Å². The van der Waals surface area contributed by atoms with Crippen molar-refractivity contribution in [2.24, 2.45) is 11.8 Å². The van der Waals surface area contributed by atoms with Crippen LogP contribution in [0.3, 0.4) is 0 Å². The third-order valence-electron chi connectivity index (χ3n) is 4.58. The number of alkyl halides is 3. The lowest BCUT2D eigenvalue weighted by atomic mass is 9.73. The Morgan fingerprint density at radius 1 is 1.20 bits per heavy atom. The molecule has 1 heterocycles. The molecule has 1 saturated carbocycles. The number of halogens is 3. The Morgan fingerprint density at radius 3 is 2.30 bits per heavy atom. The predicted octanol–water partition coefficient (Wildman–Crippen LogP) is 3.34. The van der Waals surface area contributed by atoms with Crippen LogP contribution in [-0.2, 0) is 0 Å². The fourth-order valence-electron chi connectivity index (χ4n) is 3.62. The molecule has 20 heavy (non-hydrogen) atoms. The normalized spacial score (nSPS) is 31.8. The summed E-state index contributed by atoms with van der Waals surface area (Å²) < 4.78 is 36.4. The predicted molar refractivity (Wildman–Crippen MR) is 77.8 cm³/mol. The minimum atomic E-state index is -4.10. The van der Waals surface area contributed by atoms with Crippen molar-refractivity contribution in [1.82, 2.24) is 10.2 Å². The molecule has 0 radical (unpaired) electrons. The molecule has 2 atom stereocenters. The van der Waals surface area contributed by atoms with Crippen molar-refractivity contribution in [3.8, 4) is 0 Å². The second-order valence-corrected chi connectivity index (χ2v) is 7.43. The van der Waals surface area contributed by atoms with Crippen molar-refractivity contribution in [1.29, 1.82) is 0 Å². The fourth-order valence-corrected chi connectivity index (χ4v) is 4.07. The Hall–Kier alpha value is 0.0600. The number of hydrogen-bond donors (Lipinski definition) is 1. The summed E-state index contributed by atoms with van der Waals surface area (Å²) in [6.45, 7) is 7.10. The number of thioether (sulfide) groups is 1. The van der Waals surface area contributed by atoms with E-state index in [1.165, 1.54) is 19.3 Å². The molecule has 2 fully saturated rings. The lowest BCUT2D eigenvalue weighted by Crippen LogP contribution is -2.58. The average molecular weight is 310 g/mol. The molecule has 0 spiro atoms. The molecule has 2 aliphatic rings. The number of rotatable bonds is 5. The molecule has 1 N–H and O–H groups in total. The Bertz CT molecular complexity index is 295. The summed E-state index contributed by atoms with van der Waals surface area (Å²) in [6.07, 6.45) is 3.70. The van der Waals surface area contributed by atoms with E-state index in [4.69, 9.17) is 0 Å². The van der Waals surface area contributed by atoms with Gasteiger partial charge in [0.05, 0.1) is 0 Å². The molecule has 0 aromatic heterocycles. The molecule has 1 aliphatic heterocycles. The van der Waals surface area contributed by atoms with Gasteiger partial charge in [-0.15, -0.1) is 0 Å². The van der Waals surface area contributed by atoms with Crippen molar-refractivity contribution in [2.75, 3.05) is 25.4 Å². The summed E-state index contributed by atoms with van der Waals surface area (Å²) in [5, 5.41) is 3.41. The van der Waals surface area contributed by atoms with E-state index in [0.717, 1.165) is 13.1 Å². The number of fused-ring (bicyclic) bond motifs is 2. The molecular formula is C14H25F3N2S. The van der Waals surface area contributed by atoms with E-state index in [1.807, 2.05) is 0 Å². The maximum atomic E-state index is 12.1. The molecule has 2 unspecified atom stereocenters. The van der Waals surface area contributed by atoms with Crippen molar-refractivity contribution < 1.29 is 13.2 Å². The number of nitrogens with zero attached hydrogens (tertiary/aromatic N) is 1. The zero-order valence-electron chi connectivity index (χ0n) is 12.2. The molecule has 6 heteroatoms. The van der Waals surface area contributed by atoms with Crippen LogP contribution in [0.4, 0.5) is 13.2 Å². The highest BCUT2D eigenvalue weighted by Crippen LogP contribution is 2.36. The number of hydrogen-bond acceptors (Lipinski definition) is 3. The monoisotopic (exact) mass is 310 g/mol. The maximum Gasteiger partial charge on any atom is 0.441 e.